The third-order valence-corrected chi connectivity index (χ3v) is 27.6. The van der Waals surface area contributed by atoms with E-state index < -0.39 is 0 Å². The second-order valence-corrected chi connectivity index (χ2v) is 35.5. The molecule has 0 aliphatic rings. The van der Waals surface area contributed by atoms with E-state index in [9.17, 15) is 0 Å². The summed E-state index contributed by atoms with van der Waals surface area (Å²) < 4.78 is 14.2. The maximum absolute atomic E-state index is 5.12. The summed E-state index contributed by atoms with van der Waals surface area (Å²) >= 11 is 0. The molecule has 0 bridgehead atoms. The number of aromatic nitrogens is 8. The van der Waals surface area contributed by atoms with Crippen LogP contribution in [-0.4, -0.2) is 37.4 Å². The van der Waals surface area contributed by atoms with Gasteiger partial charge < -0.3 is 22.8 Å². The summed E-state index contributed by atoms with van der Waals surface area (Å²) in [5.74, 6) is 0.917. The third-order valence-electron chi connectivity index (χ3n) is 27.6. The van der Waals surface area contributed by atoms with Crippen molar-refractivity contribution in [2.75, 3.05) is 0 Å². The molecular weight excluding hydrogens is 1670 g/mol. The fourth-order valence-corrected chi connectivity index (χ4v) is 21.3. The molecule has 0 aliphatic carbocycles. The van der Waals surface area contributed by atoms with Crippen LogP contribution in [0.4, 0.5) is 0 Å². The van der Waals surface area contributed by atoms with E-state index >= 15 is 0 Å². The lowest BCUT2D eigenvalue weighted by Crippen LogP contribution is -1.98. The van der Waals surface area contributed by atoms with E-state index in [0.717, 1.165) is 56.4 Å². The molecule has 8 heterocycles. The van der Waals surface area contributed by atoms with Crippen molar-refractivity contribution in [3.8, 4) is 112 Å². The van der Waals surface area contributed by atoms with Gasteiger partial charge in [-0.2, -0.15) is 0 Å². The van der Waals surface area contributed by atoms with Gasteiger partial charge in [-0.25, -0.2) is 4.98 Å². The maximum Gasteiger partial charge on any atom is 0.138 e. The predicted octanol–water partition coefficient (Wildman–Crippen LogP) is 34.1. The van der Waals surface area contributed by atoms with Crippen LogP contribution in [0.2, 0.25) is 0 Å². The molecule has 0 saturated carbocycles. The Morgan fingerprint density at radius 1 is 0.123 bits per heavy atom. The molecular formula is C130H86N8. The molecule has 0 fully saturated rings. The molecule has 20 aromatic carbocycles. The van der Waals surface area contributed by atoms with Crippen LogP contribution >= 0.6 is 0 Å². The summed E-state index contributed by atoms with van der Waals surface area (Å²) in [5.41, 5.74) is 36.4. The predicted molar refractivity (Wildman–Crippen MR) is 579 cm³/mol. The number of rotatable bonds is 13. The SMILES string of the molecule is c1ccc(-c2cccc(-n3c4ccccc4c4cc(-c5ccc6c(c5)c5ccccc5n6-c5cccc(-c6ccccc6)c5)ccc43)c2)cc1.c1ccc(-c2cccc(-n3c4ccccc4c4cc(-c5ccc6c(c5)c5ccccc5n6-c5ccccc5)ccc43)n2)cc1.c1ccc(-n2c3ccccc3c3cc(-c4ccc5c(c4)c4ccccc4n5-c4cccc(-c5ccccn5)c4)ccc32)cc1. The molecule has 138 heavy (non-hydrogen) atoms. The number of para-hydroxylation sites is 8. The van der Waals surface area contributed by atoms with Crippen LogP contribution in [0.1, 0.15) is 0 Å². The van der Waals surface area contributed by atoms with Gasteiger partial charge in [-0.1, -0.05) is 322 Å². The van der Waals surface area contributed by atoms with Crippen LogP contribution in [0, 0.1) is 0 Å². The van der Waals surface area contributed by atoms with Gasteiger partial charge in [0.25, 0.3) is 0 Å². The van der Waals surface area contributed by atoms with E-state index in [-0.39, 0.29) is 0 Å². The number of hydrogen-bond acceptors (Lipinski definition) is 2. The van der Waals surface area contributed by atoms with Crippen molar-refractivity contribution in [2.45, 2.75) is 0 Å². The Hall–Kier alpha value is -18.5. The van der Waals surface area contributed by atoms with Crippen LogP contribution in [0.15, 0.2) is 522 Å². The van der Waals surface area contributed by atoms with Crippen molar-refractivity contribution in [1.82, 2.24) is 37.4 Å². The topological polar surface area (TPSA) is 55.4 Å². The summed E-state index contributed by atoms with van der Waals surface area (Å²) in [4.78, 5) is 9.71. The molecule has 646 valence electrons. The molecule has 8 nitrogen and oxygen atoms in total. The zero-order valence-corrected chi connectivity index (χ0v) is 75.2. The smallest absolute Gasteiger partial charge is 0.138 e. The number of benzene rings is 20. The zero-order valence-electron chi connectivity index (χ0n) is 75.2. The number of fused-ring (bicyclic) bond motifs is 18. The standard InChI is InChI=1S/C48H32N2.2C41H27N3/c1-3-13-33(14-4-1)35-17-11-19-39(29-35)49-45-23-9-7-21-41(45)43-31-37(25-27-47(43)49)38-26-28-48-44(32-38)42-22-8-10-24-46(42)50(48)40-20-12-18-36(30-40)34-15-5-2-6-16-34;1-3-12-28(13-4-1)36-18-11-21-41(42-36)44-38-20-10-8-17-33(38)35-27-30(23-25-40(35)44)29-22-24-39-34(26-29)32-16-7-9-19-37(32)43(39)31-14-5-2-6-15-31;1-2-12-31(13-3-1)43-38-18-6-4-15-33(38)35-26-28(20-22-40(35)43)29-21-23-41-36(27-29)34-16-5-7-19-39(34)44(41)32-14-10-11-30(25-32)37-17-8-9-24-42-37/h1-32H;2*1-27H. The zero-order chi connectivity index (χ0) is 91.1. The van der Waals surface area contributed by atoms with Crippen LogP contribution in [0.5, 0.6) is 0 Å². The van der Waals surface area contributed by atoms with Crippen molar-refractivity contribution in [1.29, 1.82) is 0 Å². The number of nitrogens with zero attached hydrogens (tertiary/aromatic N) is 8. The second-order valence-electron chi connectivity index (χ2n) is 35.5. The first-order valence-corrected chi connectivity index (χ1v) is 47.1. The Labute approximate surface area is 796 Å². The average Bonchev–Trinajstić information content (AvgIpc) is 1.59. The van der Waals surface area contributed by atoms with Crippen LogP contribution < -0.4 is 0 Å². The van der Waals surface area contributed by atoms with E-state index in [1.165, 1.54) is 187 Å². The van der Waals surface area contributed by atoms with Crippen molar-refractivity contribution >= 4 is 131 Å². The molecule has 0 atom stereocenters. The first-order valence-electron chi connectivity index (χ1n) is 47.1. The van der Waals surface area contributed by atoms with Crippen LogP contribution in [0.25, 0.3) is 243 Å². The summed E-state index contributed by atoms with van der Waals surface area (Å²) in [7, 11) is 0. The molecule has 0 saturated heterocycles. The minimum absolute atomic E-state index is 0.917. The summed E-state index contributed by atoms with van der Waals surface area (Å²) in [6.07, 6.45) is 1.85. The Bertz CT molecular complexity index is 9020. The van der Waals surface area contributed by atoms with Gasteiger partial charge >= 0.3 is 0 Å². The van der Waals surface area contributed by atoms with Gasteiger partial charge in [-0.15, -0.1) is 0 Å². The highest BCUT2D eigenvalue weighted by atomic mass is 15.1. The lowest BCUT2D eigenvalue weighted by Gasteiger charge is -2.11. The lowest BCUT2D eigenvalue weighted by molar-refractivity contribution is 1.08. The van der Waals surface area contributed by atoms with Crippen molar-refractivity contribution in [3.63, 3.8) is 0 Å². The van der Waals surface area contributed by atoms with Gasteiger partial charge in [0.2, 0.25) is 0 Å². The largest absolute Gasteiger partial charge is 0.309 e. The highest BCUT2D eigenvalue weighted by molar-refractivity contribution is 6.17. The molecule has 28 rings (SSSR count). The Morgan fingerprint density at radius 3 is 0.674 bits per heavy atom. The van der Waals surface area contributed by atoms with Gasteiger partial charge in [-0.05, 0) is 250 Å². The Morgan fingerprint density at radius 2 is 0.348 bits per heavy atom. The Kier molecular flexibility index (Phi) is 19.8. The molecule has 0 N–H and O–H groups in total. The molecule has 28 aromatic rings. The number of pyridine rings is 2. The van der Waals surface area contributed by atoms with Gasteiger partial charge in [0.05, 0.1) is 77.6 Å². The van der Waals surface area contributed by atoms with Crippen LogP contribution in [-0.2, 0) is 0 Å². The maximum atomic E-state index is 5.12. The summed E-state index contributed by atoms with van der Waals surface area (Å²) in [5, 5.41) is 15.0. The van der Waals surface area contributed by atoms with Crippen molar-refractivity contribution in [2.24, 2.45) is 0 Å². The third kappa shape index (κ3) is 14.0. The fourth-order valence-electron chi connectivity index (χ4n) is 21.3. The van der Waals surface area contributed by atoms with Crippen LogP contribution in [0.3, 0.4) is 0 Å². The minimum atomic E-state index is 0.917. The van der Waals surface area contributed by atoms with Crippen molar-refractivity contribution in [3.05, 3.63) is 522 Å². The first kappa shape index (κ1) is 80.4. The van der Waals surface area contributed by atoms with E-state index in [2.05, 4.69) is 530 Å². The summed E-state index contributed by atoms with van der Waals surface area (Å²) in [6.45, 7) is 0. The monoisotopic (exact) mass is 1760 g/mol. The molecule has 8 heteroatoms. The molecule has 0 amide bonds. The average molecular weight is 1760 g/mol. The molecule has 0 radical (unpaired) electrons. The van der Waals surface area contributed by atoms with Gasteiger partial charge in [-0.3, -0.25) is 9.55 Å². The van der Waals surface area contributed by atoms with Gasteiger partial charge in [0, 0.05) is 110 Å². The van der Waals surface area contributed by atoms with Crippen molar-refractivity contribution < 1.29 is 0 Å². The molecule has 0 unspecified atom stereocenters. The van der Waals surface area contributed by atoms with E-state index in [4.69, 9.17) is 4.98 Å². The highest BCUT2D eigenvalue weighted by Gasteiger charge is 2.23. The van der Waals surface area contributed by atoms with Gasteiger partial charge in [0.15, 0.2) is 0 Å². The minimum Gasteiger partial charge on any atom is -0.309 e. The normalized spacial score (nSPS) is 11.6. The second kappa shape index (κ2) is 34.0. The fraction of sp³-hybridized carbons (Fsp3) is 0. The molecule has 8 aromatic heterocycles. The highest BCUT2D eigenvalue weighted by Crippen LogP contribution is 2.45. The molecule has 0 aliphatic heterocycles. The van der Waals surface area contributed by atoms with E-state index in [0.29, 0.717) is 0 Å². The van der Waals surface area contributed by atoms with E-state index in [1.807, 2.05) is 24.4 Å². The molecule has 0 spiro atoms. The Balaban J connectivity index is 0.000000107. The quantitative estimate of drug-likeness (QED) is 0.116. The lowest BCUT2D eigenvalue weighted by atomic mass is 10.0. The number of hydrogen-bond donors (Lipinski definition) is 0. The summed E-state index contributed by atoms with van der Waals surface area (Å²) in [6, 6.07) is 185. The van der Waals surface area contributed by atoms with Gasteiger partial charge in [0.1, 0.15) is 5.82 Å². The first-order chi connectivity index (χ1) is 68.5. The van der Waals surface area contributed by atoms with E-state index in [1.54, 1.807) is 0 Å².